The number of carbonyl (C=O) groups excluding carboxylic acids is 3. The molecule has 9 heteroatoms. The lowest BCUT2D eigenvalue weighted by Crippen LogP contribution is -2.68. The number of amides is 2. The van der Waals surface area contributed by atoms with Crippen LogP contribution in [0.5, 0.6) is 0 Å². The lowest BCUT2D eigenvalue weighted by molar-refractivity contribution is -0.145. The number of carbonyl (C=O) groups is 3. The number of hydrogen-bond donors (Lipinski definition) is 1. The maximum Gasteiger partial charge on any atom is 0.410 e. The molecule has 35 heavy (non-hydrogen) atoms. The molecule has 7 nitrogen and oxygen atoms in total. The Bertz CT molecular complexity index is 814. The van der Waals surface area contributed by atoms with E-state index in [0.717, 1.165) is 37.9 Å². The standard InChI is InChI=1S/C26H44N2O5SSi/c1-8-15-32-25(31)28-14-10-11-18(28)16-34-20-13-9-12-19(23(20)29)22-21(24(30)27-22)17(2)33-35(6,7)26(3,4)5/h8,17-22H,1,9-16H2,2-7H3,(H,27,30)/t17-,18+,19-,20+,21-,22-/m1/s1. The van der Waals surface area contributed by atoms with E-state index in [1.54, 1.807) is 22.7 Å². The zero-order valence-electron chi connectivity index (χ0n) is 22.3. The Kier molecular flexibility index (Phi) is 9.19. The summed E-state index contributed by atoms with van der Waals surface area (Å²) in [6.07, 6.45) is 5.61. The molecule has 2 aliphatic heterocycles. The van der Waals surface area contributed by atoms with Crippen LogP contribution in [0, 0.1) is 11.8 Å². The molecule has 198 valence electrons. The number of nitrogens with zero attached hydrogens (tertiary/aromatic N) is 1. The lowest BCUT2D eigenvalue weighted by Gasteiger charge is -2.48. The zero-order valence-corrected chi connectivity index (χ0v) is 24.1. The van der Waals surface area contributed by atoms with E-state index in [2.05, 4.69) is 45.8 Å². The quantitative estimate of drug-likeness (QED) is 0.266. The monoisotopic (exact) mass is 524 g/mol. The summed E-state index contributed by atoms with van der Waals surface area (Å²) in [5.74, 6) is 0.550. The molecule has 2 heterocycles. The first-order valence-corrected chi connectivity index (χ1v) is 17.0. The lowest BCUT2D eigenvalue weighted by atomic mass is 9.72. The number of nitrogens with one attached hydrogen (secondary N) is 1. The summed E-state index contributed by atoms with van der Waals surface area (Å²) >= 11 is 1.67. The molecule has 0 bridgehead atoms. The van der Waals surface area contributed by atoms with Gasteiger partial charge in [0.05, 0.1) is 23.3 Å². The summed E-state index contributed by atoms with van der Waals surface area (Å²) in [4.78, 5) is 40.2. The summed E-state index contributed by atoms with van der Waals surface area (Å²) in [5, 5.41) is 3.02. The minimum atomic E-state index is -2.02. The molecule has 0 radical (unpaired) electrons. The van der Waals surface area contributed by atoms with Gasteiger partial charge in [-0.25, -0.2) is 4.79 Å². The molecule has 6 atom stereocenters. The van der Waals surface area contributed by atoms with Crippen LogP contribution in [0.25, 0.3) is 0 Å². The third-order valence-electron chi connectivity index (χ3n) is 8.31. The Morgan fingerprint density at radius 1 is 1.26 bits per heavy atom. The van der Waals surface area contributed by atoms with Crippen molar-refractivity contribution in [3.05, 3.63) is 12.7 Å². The minimum Gasteiger partial charge on any atom is -0.445 e. The molecule has 0 unspecified atom stereocenters. The second-order valence-corrected chi connectivity index (χ2v) is 17.8. The van der Waals surface area contributed by atoms with Crippen LogP contribution in [0.15, 0.2) is 12.7 Å². The van der Waals surface area contributed by atoms with Crippen molar-refractivity contribution in [2.45, 2.75) is 101 Å². The number of likely N-dealkylation sites (tertiary alicyclic amines) is 1. The number of Topliss-reactive ketones (excluding diaryl/α,β-unsaturated/α-hetero) is 1. The van der Waals surface area contributed by atoms with Gasteiger partial charge in [0, 0.05) is 24.3 Å². The summed E-state index contributed by atoms with van der Waals surface area (Å²) in [6.45, 7) is 17.5. The molecule has 2 amide bonds. The maximum absolute atomic E-state index is 13.5. The molecule has 3 fully saturated rings. The summed E-state index contributed by atoms with van der Waals surface area (Å²) in [6, 6.07) is -0.0466. The fourth-order valence-corrected chi connectivity index (χ4v) is 8.15. The summed E-state index contributed by atoms with van der Waals surface area (Å²) in [7, 11) is -2.02. The van der Waals surface area contributed by atoms with Gasteiger partial charge in [-0.15, -0.1) is 11.8 Å². The number of thioether (sulfide) groups is 1. The van der Waals surface area contributed by atoms with Crippen LogP contribution in [-0.4, -0.2) is 73.3 Å². The predicted octanol–water partition coefficient (Wildman–Crippen LogP) is 4.77. The molecule has 0 aromatic carbocycles. The Morgan fingerprint density at radius 2 is 1.97 bits per heavy atom. The van der Waals surface area contributed by atoms with Gasteiger partial charge in [0.2, 0.25) is 5.91 Å². The first-order valence-electron chi connectivity index (χ1n) is 13.0. The molecule has 1 saturated carbocycles. The minimum absolute atomic E-state index is 0.00317. The van der Waals surface area contributed by atoms with Crippen LogP contribution in [0.2, 0.25) is 18.1 Å². The van der Waals surface area contributed by atoms with Gasteiger partial charge in [0.1, 0.15) is 6.61 Å². The van der Waals surface area contributed by atoms with E-state index < -0.39 is 8.32 Å². The van der Waals surface area contributed by atoms with Crippen molar-refractivity contribution < 1.29 is 23.5 Å². The van der Waals surface area contributed by atoms with Crippen molar-refractivity contribution in [2.75, 3.05) is 18.9 Å². The van der Waals surface area contributed by atoms with Gasteiger partial charge in [0.25, 0.3) is 0 Å². The van der Waals surface area contributed by atoms with Gasteiger partial charge in [-0.2, -0.15) is 0 Å². The fraction of sp³-hybridized carbons (Fsp3) is 0.808. The molecule has 0 aromatic heterocycles. The van der Waals surface area contributed by atoms with Crippen molar-refractivity contribution in [1.29, 1.82) is 0 Å². The molecule has 2 saturated heterocycles. The number of β-lactam (4-membered cyclic amide) rings is 1. The van der Waals surface area contributed by atoms with Crippen molar-refractivity contribution >= 4 is 37.9 Å². The molecule has 0 spiro atoms. The highest BCUT2D eigenvalue weighted by Crippen LogP contribution is 2.42. The van der Waals surface area contributed by atoms with Gasteiger partial charge < -0.3 is 19.4 Å². The van der Waals surface area contributed by atoms with Gasteiger partial charge in [0.15, 0.2) is 14.1 Å². The first-order chi connectivity index (χ1) is 16.4. The molecule has 3 rings (SSSR count). The van der Waals surface area contributed by atoms with Gasteiger partial charge >= 0.3 is 6.09 Å². The Labute approximate surface area is 216 Å². The largest absolute Gasteiger partial charge is 0.445 e. The van der Waals surface area contributed by atoms with Crippen LogP contribution in [0.4, 0.5) is 4.79 Å². The Hall–Kier alpha value is -1.32. The topological polar surface area (TPSA) is 84.9 Å². The Morgan fingerprint density at radius 3 is 2.60 bits per heavy atom. The first kappa shape index (κ1) is 28.3. The average Bonchev–Trinajstić information content (AvgIpc) is 3.22. The van der Waals surface area contributed by atoms with E-state index >= 15 is 0 Å². The van der Waals surface area contributed by atoms with Crippen LogP contribution in [0.3, 0.4) is 0 Å². The zero-order chi connectivity index (χ0) is 26.0. The normalized spacial score (nSPS) is 30.5. The molecular weight excluding hydrogens is 480 g/mol. The van der Waals surface area contributed by atoms with Crippen LogP contribution >= 0.6 is 11.8 Å². The number of ether oxygens (including phenoxy) is 1. The molecular formula is C26H44N2O5SSi. The Balaban J connectivity index is 1.59. The maximum atomic E-state index is 13.5. The van der Waals surface area contributed by atoms with E-state index in [0.29, 0.717) is 6.54 Å². The molecule has 1 N–H and O–H groups in total. The molecule has 3 aliphatic rings. The summed E-state index contributed by atoms with van der Waals surface area (Å²) < 4.78 is 11.8. The average molecular weight is 525 g/mol. The van der Waals surface area contributed by atoms with E-state index in [9.17, 15) is 14.4 Å². The molecule has 0 aromatic rings. The van der Waals surface area contributed by atoms with Crippen molar-refractivity contribution in [2.24, 2.45) is 11.8 Å². The van der Waals surface area contributed by atoms with E-state index in [1.165, 1.54) is 0 Å². The van der Waals surface area contributed by atoms with Crippen LogP contribution < -0.4 is 5.32 Å². The second kappa shape index (κ2) is 11.4. The number of ketones is 1. The fourth-order valence-electron chi connectivity index (χ4n) is 5.25. The van der Waals surface area contributed by atoms with Crippen molar-refractivity contribution in [3.8, 4) is 0 Å². The van der Waals surface area contributed by atoms with Gasteiger partial charge in [-0.1, -0.05) is 39.8 Å². The highest BCUT2D eigenvalue weighted by molar-refractivity contribution is 8.00. The number of rotatable bonds is 9. The highest BCUT2D eigenvalue weighted by Gasteiger charge is 2.52. The number of hydrogen-bond acceptors (Lipinski definition) is 6. The third-order valence-corrected chi connectivity index (χ3v) is 14.3. The summed E-state index contributed by atoms with van der Waals surface area (Å²) in [5.41, 5.74) is 0. The molecule has 1 aliphatic carbocycles. The van der Waals surface area contributed by atoms with E-state index in [1.807, 2.05) is 6.92 Å². The van der Waals surface area contributed by atoms with Crippen LogP contribution in [-0.2, 0) is 18.8 Å². The predicted molar refractivity (Wildman–Crippen MR) is 143 cm³/mol. The van der Waals surface area contributed by atoms with E-state index in [-0.39, 0.29) is 64.7 Å². The van der Waals surface area contributed by atoms with Crippen molar-refractivity contribution in [3.63, 3.8) is 0 Å². The third kappa shape index (κ3) is 6.33. The highest BCUT2D eigenvalue weighted by atomic mass is 32.2. The second-order valence-electron chi connectivity index (χ2n) is 11.8. The SMILES string of the molecule is C=CCOC(=O)N1CCC[C@H]1CS[C@H]1CCC[C@H]([C@H]2NC(=O)[C@@H]2[C@@H](C)O[Si](C)(C)C(C)(C)C)C1=O. The van der Waals surface area contributed by atoms with Crippen LogP contribution in [0.1, 0.15) is 59.8 Å². The van der Waals surface area contributed by atoms with Crippen molar-refractivity contribution in [1.82, 2.24) is 10.2 Å². The van der Waals surface area contributed by atoms with E-state index in [4.69, 9.17) is 9.16 Å². The van der Waals surface area contributed by atoms with Gasteiger partial charge in [-0.3, -0.25) is 9.59 Å². The van der Waals surface area contributed by atoms with Gasteiger partial charge in [-0.05, 0) is 50.7 Å². The smallest absolute Gasteiger partial charge is 0.410 e.